The summed E-state index contributed by atoms with van der Waals surface area (Å²) in [5, 5.41) is 0. The third-order valence-electron chi connectivity index (χ3n) is 5.79. The molecule has 0 N–H and O–H groups in total. The van der Waals surface area contributed by atoms with E-state index in [1.165, 1.54) is 0 Å². The number of esters is 2. The van der Waals surface area contributed by atoms with Gasteiger partial charge in [-0.05, 0) is 28.6 Å². The summed E-state index contributed by atoms with van der Waals surface area (Å²) < 4.78 is 4.90. The topological polar surface area (TPSA) is 43.4 Å². The zero-order valence-corrected chi connectivity index (χ0v) is 15.0. The fourth-order valence-electron chi connectivity index (χ4n) is 3.40. The van der Waals surface area contributed by atoms with Gasteiger partial charge in [0.1, 0.15) is 0 Å². The maximum atomic E-state index is 12.2. The van der Waals surface area contributed by atoms with Crippen LogP contribution in [-0.2, 0) is 14.3 Å². The molecule has 2 unspecified atom stereocenters. The monoisotopic (exact) mass is 296 g/mol. The van der Waals surface area contributed by atoms with E-state index in [4.69, 9.17) is 4.74 Å². The molecule has 1 rings (SSSR count). The van der Waals surface area contributed by atoms with E-state index < -0.39 is 0 Å². The lowest BCUT2D eigenvalue weighted by molar-refractivity contribution is -0.176. The third-order valence-corrected chi connectivity index (χ3v) is 5.79. The Bertz CT molecular complexity index is 413. The first-order chi connectivity index (χ1) is 9.32. The van der Waals surface area contributed by atoms with Gasteiger partial charge in [0.2, 0.25) is 0 Å². The second-order valence-corrected chi connectivity index (χ2v) is 8.93. The van der Waals surface area contributed by atoms with Gasteiger partial charge in [-0.3, -0.25) is 9.59 Å². The van der Waals surface area contributed by atoms with Crippen LogP contribution >= 0.6 is 0 Å². The molecule has 0 aromatic rings. The van der Waals surface area contributed by atoms with E-state index in [0.29, 0.717) is 6.42 Å². The number of ether oxygens (including phenoxy) is 1. The van der Waals surface area contributed by atoms with Crippen molar-refractivity contribution in [3.8, 4) is 0 Å². The van der Waals surface area contributed by atoms with Crippen molar-refractivity contribution in [1.82, 2.24) is 0 Å². The fraction of sp³-hybridized carbons (Fsp3) is 0.889. The first kappa shape index (κ1) is 18.2. The summed E-state index contributed by atoms with van der Waals surface area (Å²) in [7, 11) is 0. The van der Waals surface area contributed by atoms with Crippen LogP contribution in [0.2, 0.25) is 0 Å². The lowest BCUT2D eigenvalue weighted by Crippen LogP contribution is -2.46. The van der Waals surface area contributed by atoms with E-state index in [-0.39, 0.29) is 40.0 Å². The minimum absolute atomic E-state index is 0.0633. The second-order valence-electron chi connectivity index (χ2n) is 8.93. The van der Waals surface area contributed by atoms with E-state index in [1.54, 1.807) is 0 Å². The Hall–Kier alpha value is -0.860. The molecule has 0 bridgehead atoms. The number of rotatable bonds is 4. The molecule has 1 heterocycles. The van der Waals surface area contributed by atoms with Gasteiger partial charge < -0.3 is 4.74 Å². The van der Waals surface area contributed by atoms with Gasteiger partial charge in [-0.1, -0.05) is 61.8 Å². The quantitative estimate of drug-likeness (QED) is 0.563. The molecule has 1 aliphatic heterocycles. The SMILES string of the molecule is CCC(C)(C)C(C)(C)CC1CC(=O)OC(=O)C1C(C)(C)C. The Kier molecular flexibility index (Phi) is 4.97. The van der Waals surface area contributed by atoms with Gasteiger partial charge in [0.25, 0.3) is 0 Å². The Morgan fingerprint density at radius 1 is 1.00 bits per heavy atom. The standard InChI is InChI=1S/C18H32O3/c1-9-17(5,6)18(7,8)11-12-10-13(19)21-15(20)14(12)16(2,3)4/h12,14H,9-11H2,1-8H3. The van der Waals surface area contributed by atoms with Gasteiger partial charge in [0.05, 0.1) is 5.92 Å². The summed E-state index contributed by atoms with van der Waals surface area (Å²) in [6.45, 7) is 17.4. The summed E-state index contributed by atoms with van der Waals surface area (Å²) in [4.78, 5) is 23.9. The average molecular weight is 296 g/mol. The van der Waals surface area contributed by atoms with Gasteiger partial charge in [-0.2, -0.15) is 0 Å². The number of carbonyl (C=O) groups excluding carboxylic acids is 2. The van der Waals surface area contributed by atoms with Gasteiger partial charge in [0, 0.05) is 6.42 Å². The van der Waals surface area contributed by atoms with Crippen LogP contribution in [-0.4, -0.2) is 11.9 Å². The van der Waals surface area contributed by atoms with E-state index in [2.05, 4.69) is 55.4 Å². The Balaban J connectivity index is 3.07. The lowest BCUT2D eigenvalue weighted by atomic mass is 9.59. The zero-order chi connectivity index (χ0) is 16.6. The van der Waals surface area contributed by atoms with Gasteiger partial charge in [-0.25, -0.2) is 0 Å². The van der Waals surface area contributed by atoms with Crippen LogP contribution in [0.15, 0.2) is 0 Å². The zero-order valence-electron chi connectivity index (χ0n) is 15.0. The maximum Gasteiger partial charge on any atom is 0.317 e. The Labute approximate surface area is 129 Å². The smallest absolute Gasteiger partial charge is 0.317 e. The van der Waals surface area contributed by atoms with E-state index in [9.17, 15) is 9.59 Å². The first-order valence-corrected chi connectivity index (χ1v) is 8.06. The van der Waals surface area contributed by atoms with E-state index >= 15 is 0 Å². The molecule has 0 aliphatic carbocycles. The molecule has 21 heavy (non-hydrogen) atoms. The molecule has 0 amide bonds. The summed E-state index contributed by atoms with van der Waals surface area (Å²) in [6, 6.07) is 0. The minimum atomic E-state index is -0.365. The molecule has 3 nitrogen and oxygen atoms in total. The highest BCUT2D eigenvalue weighted by molar-refractivity contribution is 5.90. The largest absolute Gasteiger partial charge is 0.393 e. The van der Waals surface area contributed by atoms with Crippen molar-refractivity contribution in [2.75, 3.05) is 0 Å². The predicted octanol–water partition coefficient (Wildman–Crippen LogP) is 4.59. The highest BCUT2D eigenvalue weighted by Gasteiger charge is 2.48. The third kappa shape index (κ3) is 3.87. The van der Waals surface area contributed by atoms with E-state index in [0.717, 1.165) is 12.8 Å². The first-order valence-electron chi connectivity index (χ1n) is 8.06. The highest BCUT2D eigenvalue weighted by atomic mass is 16.6. The van der Waals surface area contributed by atoms with Gasteiger partial charge in [-0.15, -0.1) is 0 Å². The molecule has 0 saturated carbocycles. The molecule has 0 spiro atoms. The number of cyclic esters (lactones) is 2. The van der Waals surface area contributed by atoms with Crippen molar-refractivity contribution in [3.63, 3.8) is 0 Å². The van der Waals surface area contributed by atoms with Crippen LogP contribution in [0.5, 0.6) is 0 Å². The molecular formula is C18H32O3. The van der Waals surface area contributed by atoms with Crippen LogP contribution in [0.1, 0.15) is 74.7 Å². The molecular weight excluding hydrogens is 264 g/mol. The molecule has 122 valence electrons. The normalized spacial score (nSPS) is 25.0. The van der Waals surface area contributed by atoms with Gasteiger partial charge >= 0.3 is 11.9 Å². The van der Waals surface area contributed by atoms with Crippen molar-refractivity contribution in [3.05, 3.63) is 0 Å². The summed E-state index contributed by atoms with van der Waals surface area (Å²) in [6.07, 6.45) is 2.30. The Morgan fingerprint density at radius 2 is 1.52 bits per heavy atom. The average Bonchev–Trinajstić information content (AvgIpc) is 2.24. The van der Waals surface area contributed by atoms with Crippen molar-refractivity contribution < 1.29 is 14.3 Å². The predicted molar refractivity (Wildman–Crippen MR) is 84.6 cm³/mol. The second kappa shape index (κ2) is 5.73. The fourth-order valence-corrected chi connectivity index (χ4v) is 3.40. The Morgan fingerprint density at radius 3 is 1.95 bits per heavy atom. The molecule has 1 aliphatic rings. The van der Waals surface area contributed by atoms with Crippen LogP contribution < -0.4 is 0 Å². The van der Waals surface area contributed by atoms with Crippen LogP contribution in [0, 0.1) is 28.1 Å². The number of hydrogen-bond acceptors (Lipinski definition) is 3. The minimum Gasteiger partial charge on any atom is -0.393 e. The lowest BCUT2D eigenvalue weighted by Gasteiger charge is -2.47. The van der Waals surface area contributed by atoms with Crippen molar-refractivity contribution >= 4 is 11.9 Å². The molecule has 3 heteroatoms. The van der Waals surface area contributed by atoms with Crippen molar-refractivity contribution in [1.29, 1.82) is 0 Å². The molecule has 0 aromatic heterocycles. The summed E-state index contributed by atoms with van der Waals surface area (Å²) in [5.41, 5.74) is 0.0442. The molecule has 1 fully saturated rings. The molecule has 0 aromatic carbocycles. The maximum absolute atomic E-state index is 12.2. The summed E-state index contributed by atoms with van der Waals surface area (Å²) in [5.74, 6) is -0.842. The molecule has 1 saturated heterocycles. The van der Waals surface area contributed by atoms with Crippen LogP contribution in [0.4, 0.5) is 0 Å². The van der Waals surface area contributed by atoms with Crippen LogP contribution in [0.25, 0.3) is 0 Å². The number of hydrogen-bond donors (Lipinski definition) is 0. The van der Waals surface area contributed by atoms with E-state index in [1.807, 2.05) is 0 Å². The highest BCUT2D eigenvalue weighted by Crippen LogP contribution is 2.50. The molecule has 2 atom stereocenters. The summed E-state index contributed by atoms with van der Waals surface area (Å²) >= 11 is 0. The van der Waals surface area contributed by atoms with Gasteiger partial charge in [0.15, 0.2) is 0 Å². The number of carbonyl (C=O) groups is 2. The van der Waals surface area contributed by atoms with Crippen LogP contribution in [0.3, 0.4) is 0 Å². The van der Waals surface area contributed by atoms with Crippen molar-refractivity contribution in [2.24, 2.45) is 28.1 Å². The molecule has 0 radical (unpaired) electrons. The van der Waals surface area contributed by atoms with Crippen molar-refractivity contribution in [2.45, 2.75) is 74.7 Å².